The second-order valence-electron chi connectivity index (χ2n) is 12.9. The molecule has 1 heteroatoms. The number of nitrogens with zero attached hydrogens (tertiary/aromatic N) is 1. The van der Waals surface area contributed by atoms with Gasteiger partial charge in [-0.05, 0) is 90.0 Å². The highest BCUT2D eigenvalue weighted by molar-refractivity contribution is 6.23. The number of fused-ring (bicyclic) bond motifs is 6. The average Bonchev–Trinajstić information content (AvgIpc) is 3.51. The molecule has 0 radical (unpaired) electrons. The molecule has 0 unspecified atom stereocenters. The Morgan fingerprint density at radius 2 is 0.673 bits per heavy atom. The summed E-state index contributed by atoms with van der Waals surface area (Å²) in [5.41, 5.74) is 11.1. The molecular formula is C48H31N. The zero-order valence-electron chi connectivity index (χ0n) is 26.8. The lowest BCUT2D eigenvalue weighted by Gasteiger charge is -2.19. The standard InChI is InChI=1S/C48H31N/c1-2-14-37-34(12-1)13-11-21-40(37)48-43-19-5-3-17-41(43)47(42-18-4-6-20-44(42)48)35-26-24-32(25-27-35)33-28-30-36(31-29-33)49-45-22-9-7-15-38(45)39-16-8-10-23-46(39)49/h1-31H. The van der Waals surface area contributed by atoms with E-state index in [1.807, 2.05) is 0 Å². The van der Waals surface area contributed by atoms with Crippen molar-refractivity contribution in [1.82, 2.24) is 4.57 Å². The number of aromatic nitrogens is 1. The van der Waals surface area contributed by atoms with Crippen molar-refractivity contribution < 1.29 is 0 Å². The van der Waals surface area contributed by atoms with Crippen LogP contribution in [0.15, 0.2) is 188 Å². The Kier molecular flexibility index (Phi) is 6.25. The van der Waals surface area contributed by atoms with Gasteiger partial charge in [-0.15, -0.1) is 0 Å². The third-order valence-electron chi connectivity index (χ3n) is 10.2. The van der Waals surface area contributed by atoms with E-state index in [4.69, 9.17) is 0 Å². The molecule has 228 valence electrons. The molecule has 10 rings (SSSR count). The van der Waals surface area contributed by atoms with Crippen LogP contribution in [0.2, 0.25) is 0 Å². The van der Waals surface area contributed by atoms with E-state index in [2.05, 4.69) is 193 Å². The van der Waals surface area contributed by atoms with Crippen molar-refractivity contribution in [2.75, 3.05) is 0 Å². The highest BCUT2D eigenvalue weighted by atomic mass is 15.0. The van der Waals surface area contributed by atoms with Crippen LogP contribution in [0.4, 0.5) is 0 Å². The van der Waals surface area contributed by atoms with E-state index in [9.17, 15) is 0 Å². The van der Waals surface area contributed by atoms with Crippen LogP contribution in [0.5, 0.6) is 0 Å². The van der Waals surface area contributed by atoms with Gasteiger partial charge < -0.3 is 4.57 Å². The summed E-state index contributed by atoms with van der Waals surface area (Å²) in [6.07, 6.45) is 0. The van der Waals surface area contributed by atoms with E-state index in [-0.39, 0.29) is 0 Å². The molecule has 0 saturated carbocycles. The number of para-hydroxylation sites is 2. The Hall–Kier alpha value is -6.44. The van der Waals surface area contributed by atoms with E-state index < -0.39 is 0 Å². The maximum Gasteiger partial charge on any atom is 0.0541 e. The van der Waals surface area contributed by atoms with E-state index in [1.54, 1.807) is 0 Å². The van der Waals surface area contributed by atoms with Crippen LogP contribution in [0.3, 0.4) is 0 Å². The Bertz CT molecular complexity index is 2740. The molecule has 1 nitrogen and oxygen atoms in total. The Morgan fingerprint density at radius 1 is 0.265 bits per heavy atom. The fourth-order valence-electron chi connectivity index (χ4n) is 8.01. The molecule has 1 aromatic heterocycles. The normalized spacial score (nSPS) is 11.7. The van der Waals surface area contributed by atoms with Crippen LogP contribution in [-0.2, 0) is 0 Å². The van der Waals surface area contributed by atoms with E-state index in [0.29, 0.717) is 0 Å². The highest BCUT2D eigenvalue weighted by Crippen LogP contribution is 2.45. The van der Waals surface area contributed by atoms with Gasteiger partial charge in [-0.3, -0.25) is 0 Å². The molecule has 0 aliphatic heterocycles. The van der Waals surface area contributed by atoms with Gasteiger partial charge in [0.05, 0.1) is 11.0 Å². The first-order valence-corrected chi connectivity index (χ1v) is 16.9. The molecule has 0 atom stereocenters. The third-order valence-corrected chi connectivity index (χ3v) is 10.2. The summed E-state index contributed by atoms with van der Waals surface area (Å²) in [5, 5.41) is 10.2. The van der Waals surface area contributed by atoms with Crippen LogP contribution in [0.1, 0.15) is 0 Å². The number of hydrogen-bond acceptors (Lipinski definition) is 0. The molecule has 0 N–H and O–H groups in total. The number of rotatable bonds is 4. The summed E-state index contributed by atoms with van der Waals surface area (Å²) in [6.45, 7) is 0. The van der Waals surface area contributed by atoms with Crippen LogP contribution in [0.25, 0.3) is 93.2 Å². The van der Waals surface area contributed by atoms with Crippen molar-refractivity contribution >= 4 is 54.1 Å². The fourth-order valence-corrected chi connectivity index (χ4v) is 8.01. The molecule has 0 spiro atoms. The van der Waals surface area contributed by atoms with Gasteiger partial charge in [0.1, 0.15) is 0 Å². The van der Waals surface area contributed by atoms with Gasteiger partial charge in [0, 0.05) is 16.5 Å². The lowest BCUT2D eigenvalue weighted by molar-refractivity contribution is 1.18. The molecule has 0 fully saturated rings. The first-order chi connectivity index (χ1) is 24.3. The maximum atomic E-state index is 2.37. The van der Waals surface area contributed by atoms with E-state index in [0.717, 1.165) is 0 Å². The van der Waals surface area contributed by atoms with Crippen molar-refractivity contribution in [2.45, 2.75) is 0 Å². The molecule has 10 aromatic rings. The van der Waals surface area contributed by atoms with Crippen molar-refractivity contribution in [3.63, 3.8) is 0 Å². The minimum absolute atomic E-state index is 1.17. The summed E-state index contributed by atoms with van der Waals surface area (Å²) < 4.78 is 2.37. The van der Waals surface area contributed by atoms with Gasteiger partial charge in [-0.25, -0.2) is 0 Å². The monoisotopic (exact) mass is 621 g/mol. The maximum absolute atomic E-state index is 2.37. The Labute approximate surface area is 284 Å². The van der Waals surface area contributed by atoms with Gasteiger partial charge in [0.25, 0.3) is 0 Å². The predicted octanol–water partition coefficient (Wildman–Crippen LogP) is 13.2. The minimum atomic E-state index is 1.17. The molecule has 49 heavy (non-hydrogen) atoms. The predicted molar refractivity (Wildman–Crippen MR) is 210 cm³/mol. The molecule has 0 aliphatic carbocycles. The van der Waals surface area contributed by atoms with Crippen LogP contribution in [0, 0.1) is 0 Å². The van der Waals surface area contributed by atoms with Gasteiger partial charge in [0.2, 0.25) is 0 Å². The summed E-state index contributed by atoms with van der Waals surface area (Å²) in [7, 11) is 0. The van der Waals surface area contributed by atoms with Crippen molar-refractivity contribution in [3.8, 4) is 39.1 Å². The van der Waals surface area contributed by atoms with Gasteiger partial charge in [-0.1, -0.05) is 164 Å². The molecule has 1 heterocycles. The summed E-state index contributed by atoms with van der Waals surface area (Å²) in [4.78, 5) is 0. The summed E-state index contributed by atoms with van der Waals surface area (Å²) in [6, 6.07) is 68.7. The number of hydrogen-bond donors (Lipinski definition) is 0. The van der Waals surface area contributed by atoms with Crippen LogP contribution >= 0.6 is 0 Å². The van der Waals surface area contributed by atoms with E-state index in [1.165, 1.54) is 93.2 Å². The van der Waals surface area contributed by atoms with Crippen molar-refractivity contribution in [1.29, 1.82) is 0 Å². The first-order valence-electron chi connectivity index (χ1n) is 16.9. The van der Waals surface area contributed by atoms with Crippen molar-refractivity contribution in [2.24, 2.45) is 0 Å². The number of benzene rings is 9. The lowest BCUT2D eigenvalue weighted by atomic mass is 9.84. The minimum Gasteiger partial charge on any atom is -0.309 e. The first kappa shape index (κ1) is 27.7. The van der Waals surface area contributed by atoms with Gasteiger partial charge in [0.15, 0.2) is 0 Å². The SMILES string of the molecule is c1ccc2c(-c3c4ccccc4c(-c4ccc(-c5ccc(-n6c7ccccc7c7ccccc76)cc5)cc4)c4ccccc34)cccc2c1. The smallest absolute Gasteiger partial charge is 0.0541 e. The third kappa shape index (κ3) is 4.33. The molecular weight excluding hydrogens is 591 g/mol. The quantitative estimate of drug-likeness (QED) is 0.172. The summed E-state index contributed by atoms with van der Waals surface area (Å²) in [5.74, 6) is 0. The topological polar surface area (TPSA) is 4.93 Å². The van der Waals surface area contributed by atoms with Crippen molar-refractivity contribution in [3.05, 3.63) is 188 Å². The second kappa shape index (κ2) is 11.1. The molecule has 9 aromatic carbocycles. The molecule has 0 saturated heterocycles. The Balaban J connectivity index is 1.09. The average molecular weight is 622 g/mol. The van der Waals surface area contributed by atoms with Crippen LogP contribution < -0.4 is 0 Å². The molecule has 0 aliphatic rings. The Morgan fingerprint density at radius 3 is 1.24 bits per heavy atom. The van der Waals surface area contributed by atoms with Crippen LogP contribution in [-0.4, -0.2) is 4.57 Å². The molecule has 0 bridgehead atoms. The zero-order valence-corrected chi connectivity index (χ0v) is 26.8. The van der Waals surface area contributed by atoms with Gasteiger partial charge >= 0.3 is 0 Å². The molecule has 0 amide bonds. The highest BCUT2D eigenvalue weighted by Gasteiger charge is 2.18. The largest absolute Gasteiger partial charge is 0.309 e. The zero-order chi connectivity index (χ0) is 32.3. The fraction of sp³-hybridized carbons (Fsp3) is 0. The summed E-state index contributed by atoms with van der Waals surface area (Å²) >= 11 is 0. The second-order valence-corrected chi connectivity index (χ2v) is 12.9. The van der Waals surface area contributed by atoms with Gasteiger partial charge in [-0.2, -0.15) is 0 Å². The van der Waals surface area contributed by atoms with E-state index >= 15 is 0 Å². The lowest BCUT2D eigenvalue weighted by Crippen LogP contribution is -1.93.